The van der Waals surface area contributed by atoms with Crippen LogP contribution in [0.3, 0.4) is 0 Å². The van der Waals surface area contributed by atoms with Crippen LogP contribution in [0.1, 0.15) is 34.1 Å². The summed E-state index contributed by atoms with van der Waals surface area (Å²) < 4.78 is 7.49. The Morgan fingerprint density at radius 3 is 2.84 bits per heavy atom. The molecule has 3 aromatic heterocycles. The van der Waals surface area contributed by atoms with Gasteiger partial charge in [-0.3, -0.25) is 4.98 Å². The number of likely N-dealkylation sites (tertiary alicyclic amines) is 1. The first-order valence-corrected chi connectivity index (χ1v) is 10.7. The van der Waals surface area contributed by atoms with Crippen molar-refractivity contribution in [1.29, 1.82) is 0 Å². The number of hydrogen-bond acceptors (Lipinski definition) is 7. The van der Waals surface area contributed by atoms with Crippen LogP contribution < -0.4 is 5.32 Å². The Morgan fingerprint density at radius 2 is 2.13 bits per heavy atom. The molecule has 1 aliphatic heterocycles. The zero-order valence-corrected chi connectivity index (χ0v) is 18.8. The number of fused-ring (bicyclic) bond motifs is 1. The van der Waals surface area contributed by atoms with Crippen molar-refractivity contribution in [3.05, 3.63) is 29.8 Å². The number of imidazole rings is 1. The van der Waals surface area contributed by atoms with Crippen molar-refractivity contribution in [2.75, 3.05) is 18.4 Å². The number of anilines is 1. The van der Waals surface area contributed by atoms with Gasteiger partial charge >= 0.3 is 6.09 Å². The van der Waals surface area contributed by atoms with Crippen molar-refractivity contribution in [3.63, 3.8) is 0 Å². The summed E-state index contributed by atoms with van der Waals surface area (Å²) in [4.78, 5) is 31.9. The number of carbonyl (C=O) groups is 1. The van der Waals surface area contributed by atoms with Gasteiger partial charge in [0.25, 0.3) is 0 Å². The van der Waals surface area contributed by atoms with Crippen LogP contribution in [0.4, 0.5) is 10.6 Å². The standard InChI is InChI=1S/C21H26ClN7O2/c1-5-29-18(13-8-14(22)10-23-9-13)27-16-17(24-12-25-19(16)29)26-15-6-7-28(11-15)20(30)31-21(2,3)4/h8-10,12,15H,5-7,11H2,1-4H3,(H,24,25,26)/t15-/m0/s1. The van der Waals surface area contributed by atoms with E-state index in [1.807, 2.05) is 38.3 Å². The molecule has 0 spiro atoms. The van der Waals surface area contributed by atoms with Gasteiger partial charge in [-0.1, -0.05) is 11.6 Å². The second-order valence-corrected chi connectivity index (χ2v) is 8.96. The van der Waals surface area contributed by atoms with Crippen molar-refractivity contribution < 1.29 is 9.53 Å². The molecule has 1 aliphatic rings. The Kier molecular flexibility index (Phi) is 5.70. The largest absolute Gasteiger partial charge is 0.444 e. The minimum absolute atomic E-state index is 0.0497. The molecule has 0 radical (unpaired) electrons. The van der Waals surface area contributed by atoms with E-state index >= 15 is 0 Å². The number of halogens is 1. The molecule has 4 heterocycles. The van der Waals surface area contributed by atoms with E-state index < -0.39 is 5.60 Å². The van der Waals surface area contributed by atoms with Crippen molar-refractivity contribution in [3.8, 4) is 11.4 Å². The highest BCUT2D eigenvalue weighted by atomic mass is 35.5. The third-order valence-corrected chi connectivity index (χ3v) is 5.20. The second kappa shape index (κ2) is 8.30. The lowest BCUT2D eigenvalue weighted by atomic mass is 10.2. The molecule has 0 aromatic carbocycles. The van der Waals surface area contributed by atoms with Crippen LogP contribution in [-0.2, 0) is 11.3 Å². The molecule has 0 bridgehead atoms. The maximum absolute atomic E-state index is 12.4. The van der Waals surface area contributed by atoms with Crippen LogP contribution in [0.15, 0.2) is 24.8 Å². The zero-order valence-electron chi connectivity index (χ0n) is 18.1. The summed E-state index contributed by atoms with van der Waals surface area (Å²) in [5, 5.41) is 3.99. The normalized spacial score (nSPS) is 16.7. The molecule has 1 saturated heterocycles. The predicted octanol–water partition coefficient (Wildman–Crippen LogP) is 3.98. The average Bonchev–Trinajstić information content (AvgIpc) is 3.31. The highest BCUT2D eigenvalue weighted by Gasteiger charge is 2.30. The molecule has 1 fully saturated rings. The Hall–Kier alpha value is -2.94. The highest BCUT2D eigenvalue weighted by molar-refractivity contribution is 6.30. The van der Waals surface area contributed by atoms with E-state index in [1.54, 1.807) is 17.3 Å². The summed E-state index contributed by atoms with van der Waals surface area (Å²) in [5.74, 6) is 1.38. The van der Waals surface area contributed by atoms with Crippen LogP contribution in [0.5, 0.6) is 0 Å². The third-order valence-electron chi connectivity index (χ3n) is 4.99. The molecule has 9 nitrogen and oxygen atoms in total. The van der Waals surface area contributed by atoms with E-state index in [9.17, 15) is 4.79 Å². The monoisotopic (exact) mass is 443 g/mol. The summed E-state index contributed by atoms with van der Waals surface area (Å²) in [6.07, 6.45) is 5.35. The molecule has 10 heteroatoms. The Morgan fingerprint density at radius 1 is 1.32 bits per heavy atom. The van der Waals surface area contributed by atoms with Crippen LogP contribution in [0, 0.1) is 0 Å². The molecular formula is C21H26ClN7O2. The number of amides is 1. The van der Waals surface area contributed by atoms with Crippen molar-refractivity contribution >= 4 is 34.7 Å². The fraction of sp³-hybridized carbons (Fsp3) is 0.476. The summed E-state index contributed by atoms with van der Waals surface area (Å²) >= 11 is 6.13. The van der Waals surface area contributed by atoms with Gasteiger partial charge in [-0.2, -0.15) is 0 Å². The third kappa shape index (κ3) is 4.56. The number of rotatable bonds is 4. The van der Waals surface area contributed by atoms with Gasteiger partial charge in [-0.25, -0.2) is 19.7 Å². The fourth-order valence-electron chi connectivity index (χ4n) is 3.66. The molecule has 0 unspecified atom stereocenters. The van der Waals surface area contributed by atoms with E-state index in [-0.39, 0.29) is 12.1 Å². The van der Waals surface area contributed by atoms with Gasteiger partial charge in [-0.05, 0) is 40.2 Å². The molecule has 4 rings (SSSR count). The molecule has 31 heavy (non-hydrogen) atoms. The van der Waals surface area contributed by atoms with Crippen molar-refractivity contribution in [1.82, 2.24) is 29.4 Å². The average molecular weight is 444 g/mol. The molecule has 1 N–H and O–H groups in total. The van der Waals surface area contributed by atoms with Crippen LogP contribution >= 0.6 is 11.6 Å². The number of pyridine rings is 1. The molecule has 0 saturated carbocycles. The molecule has 3 aromatic rings. The minimum Gasteiger partial charge on any atom is -0.444 e. The maximum atomic E-state index is 12.4. The number of carbonyl (C=O) groups excluding carboxylic acids is 1. The Bertz CT molecular complexity index is 1110. The van der Waals surface area contributed by atoms with E-state index in [0.29, 0.717) is 36.0 Å². The number of hydrogen-bond donors (Lipinski definition) is 1. The first-order valence-electron chi connectivity index (χ1n) is 10.3. The smallest absolute Gasteiger partial charge is 0.410 e. The number of ether oxygens (including phenoxy) is 1. The summed E-state index contributed by atoms with van der Waals surface area (Å²) in [7, 11) is 0. The van der Waals surface area contributed by atoms with Gasteiger partial charge in [0.05, 0.1) is 5.02 Å². The molecule has 1 amide bonds. The van der Waals surface area contributed by atoms with Gasteiger partial charge in [0, 0.05) is 43.6 Å². The first kappa shape index (κ1) is 21.3. The summed E-state index contributed by atoms with van der Waals surface area (Å²) in [6, 6.07) is 1.88. The fourth-order valence-corrected chi connectivity index (χ4v) is 3.83. The number of aromatic nitrogens is 5. The first-order chi connectivity index (χ1) is 14.7. The van der Waals surface area contributed by atoms with Crippen LogP contribution in [-0.4, -0.2) is 60.2 Å². The predicted molar refractivity (Wildman–Crippen MR) is 119 cm³/mol. The van der Waals surface area contributed by atoms with Crippen molar-refractivity contribution in [2.24, 2.45) is 0 Å². The van der Waals surface area contributed by atoms with Gasteiger partial charge in [0.1, 0.15) is 17.8 Å². The minimum atomic E-state index is -0.514. The van der Waals surface area contributed by atoms with Gasteiger partial charge in [-0.15, -0.1) is 0 Å². The lowest BCUT2D eigenvalue weighted by Gasteiger charge is -2.24. The van der Waals surface area contributed by atoms with Gasteiger partial charge in [0.2, 0.25) is 0 Å². The van der Waals surface area contributed by atoms with E-state index in [4.69, 9.17) is 21.3 Å². The molecule has 0 aliphatic carbocycles. The van der Waals surface area contributed by atoms with E-state index in [0.717, 1.165) is 23.5 Å². The molecule has 164 valence electrons. The molecular weight excluding hydrogens is 418 g/mol. The Labute approximate surface area is 185 Å². The number of nitrogens with zero attached hydrogens (tertiary/aromatic N) is 6. The lowest BCUT2D eigenvalue weighted by Crippen LogP contribution is -2.36. The van der Waals surface area contributed by atoms with Crippen molar-refractivity contribution in [2.45, 2.75) is 52.3 Å². The van der Waals surface area contributed by atoms with Gasteiger partial charge in [0.15, 0.2) is 17.0 Å². The SMILES string of the molecule is CCn1c(-c2cncc(Cl)c2)nc2c(N[C@H]3CCN(C(=O)OC(C)(C)C)C3)ncnc21. The van der Waals surface area contributed by atoms with E-state index in [2.05, 4.69) is 20.3 Å². The lowest BCUT2D eigenvalue weighted by molar-refractivity contribution is 0.0293. The zero-order chi connectivity index (χ0) is 22.2. The van der Waals surface area contributed by atoms with E-state index in [1.165, 1.54) is 6.33 Å². The second-order valence-electron chi connectivity index (χ2n) is 8.52. The summed E-state index contributed by atoms with van der Waals surface area (Å²) in [5.41, 5.74) is 1.71. The quantitative estimate of drug-likeness (QED) is 0.651. The number of nitrogens with one attached hydrogen (secondary N) is 1. The van der Waals surface area contributed by atoms with Crippen LogP contribution in [0.25, 0.3) is 22.6 Å². The Balaban J connectivity index is 1.59. The highest BCUT2D eigenvalue weighted by Crippen LogP contribution is 2.28. The maximum Gasteiger partial charge on any atom is 0.410 e. The van der Waals surface area contributed by atoms with Gasteiger partial charge < -0.3 is 19.5 Å². The number of aryl methyl sites for hydroxylation is 1. The molecule has 1 atom stereocenters. The van der Waals surface area contributed by atoms with Crippen LogP contribution in [0.2, 0.25) is 5.02 Å². The topological polar surface area (TPSA) is 98.1 Å². The summed E-state index contributed by atoms with van der Waals surface area (Å²) in [6.45, 7) is 9.49.